The maximum Gasteiger partial charge on any atom is 0.243 e. The third-order valence-corrected chi connectivity index (χ3v) is 7.00. The Bertz CT molecular complexity index is 881. The number of piperazine rings is 1. The topological polar surface area (TPSA) is 49.9 Å². The van der Waals surface area contributed by atoms with E-state index in [1.165, 1.54) is 0 Å². The third kappa shape index (κ3) is 3.44. The zero-order chi connectivity index (χ0) is 18.9. The highest BCUT2D eigenvalue weighted by Gasteiger charge is 2.33. The molecule has 26 heavy (non-hydrogen) atoms. The minimum Gasteiger partial charge on any atom is -0.496 e. The first-order valence-electron chi connectivity index (χ1n) is 8.81. The lowest BCUT2D eigenvalue weighted by atomic mass is 10.1. The SMILES string of the molecule is COc1cc(C)c(S(=O)(=O)N2CCN(c3ccccc3)C(C)C2)cc1C. The maximum atomic E-state index is 13.2. The number of hydrogen-bond acceptors (Lipinski definition) is 4. The van der Waals surface area contributed by atoms with Crippen LogP contribution in [-0.2, 0) is 10.0 Å². The molecule has 3 rings (SSSR count). The van der Waals surface area contributed by atoms with Crippen LogP contribution < -0.4 is 9.64 Å². The van der Waals surface area contributed by atoms with Gasteiger partial charge in [0.25, 0.3) is 0 Å². The van der Waals surface area contributed by atoms with Crippen LogP contribution in [0.2, 0.25) is 0 Å². The molecule has 0 aliphatic carbocycles. The number of para-hydroxylation sites is 1. The number of methoxy groups -OCH3 is 1. The van der Waals surface area contributed by atoms with Crippen molar-refractivity contribution < 1.29 is 13.2 Å². The van der Waals surface area contributed by atoms with Crippen LogP contribution in [0, 0.1) is 13.8 Å². The van der Waals surface area contributed by atoms with E-state index in [2.05, 4.69) is 24.0 Å². The molecule has 0 radical (unpaired) electrons. The predicted octanol–water partition coefficient (Wildman–Crippen LogP) is 3.21. The van der Waals surface area contributed by atoms with Crippen molar-refractivity contribution in [2.24, 2.45) is 0 Å². The summed E-state index contributed by atoms with van der Waals surface area (Å²) in [6.45, 7) is 7.39. The molecule has 1 heterocycles. The van der Waals surface area contributed by atoms with E-state index in [0.29, 0.717) is 35.8 Å². The summed E-state index contributed by atoms with van der Waals surface area (Å²) in [5.74, 6) is 0.712. The Kier molecular flexibility index (Phi) is 5.25. The summed E-state index contributed by atoms with van der Waals surface area (Å²) in [7, 11) is -1.93. The Balaban J connectivity index is 1.85. The second-order valence-corrected chi connectivity index (χ2v) is 8.73. The minimum absolute atomic E-state index is 0.112. The van der Waals surface area contributed by atoms with Crippen molar-refractivity contribution >= 4 is 15.7 Å². The second-order valence-electron chi connectivity index (χ2n) is 6.83. The number of rotatable bonds is 4. The molecule has 0 bridgehead atoms. The third-order valence-electron chi connectivity index (χ3n) is 4.99. The molecule has 0 aromatic heterocycles. The molecule has 1 atom stereocenters. The van der Waals surface area contributed by atoms with Gasteiger partial charge in [0.2, 0.25) is 10.0 Å². The average Bonchev–Trinajstić information content (AvgIpc) is 2.63. The normalized spacial score (nSPS) is 18.8. The van der Waals surface area contributed by atoms with Crippen LogP contribution in [-0.4, -0.2) is 45.5 Å². The molecule has 1 unspecified atom stereocenters. The fourth-order valence-corrected chi connectivity index (χ4v) is 5.35. The summed E-state index contributed by atoms with van der Waals surface area (Å²) in [5, 5.41) is 0. The van der Waals surface area contributed by atoms with Crippen molar-refractivity contribution in [2.75, 3.05) is 31.6 Å². The Morgan fingerprint density at radius 3 is 2.35 bits per heavy atom. The van der Waals surface area contributed by atoms with Gasteiger partial charge in [-0.15, -0.1) is 0 Å². The first-order valence-corrected chi connectivity index (χ1v) is 10.3. The lowest BCUT2D eigenvalue weighted by molar-refractivity contribution is 0.342. The van der Waals surface area contributed by atoms with Crippen LogP contribution in [0.15, 0.2) is 47.4 Å². The van der Waals surface area contributed by atoms with E-state index in [9.17, 15) is 8.42 Å². The highest BCUT2D eigenvalue weighted by Crippen LogP contribution is 2.29. The van der Waals surface area contributed by atoms with E-state index in [0.717, 1.165) is 11.3 Å². The highest BCUT2D eigenvalue weighted by atomic mass is 32.2. The molecule has 1 aliphatic rings. The van der Waals surface area contributed by atoms with E-state index in [1.807, 2.05) is 32.0 Å². The highest BCUT2D eigenvalue weighted by molar-refractivity contribution is 7.89. The maximum absolute atomic E-state index is 13.2. The van der Waals surface area contributed by atoms with E-state index in [4.69, 9.17) is 4.74 Å². The molecule has 1 aliphatic heterocycles. The molecule has 0 amide bonds. The van der Waals surface area contributed by atoms with Gasteiger partial charge in [0.15, 0.2) is 0 Å². The zero-order valence-corrected chi connectivity index (χ0v) is 16.6. The van der Waals surface area contributed by atoms with Gasteiger partial charge in [-0.3, -0.25) is 0 Å². The Labute approximate surface area is 156 Å². The summed E-state index contributed by atoms with van der Waals surface area (Å²) in [4.78, 5) is 2.63. The fourth-order valence-electron chi connectivity index (χ4n) is 3.55. The van der Waals surface area contributed by atoms with Crippen LogP contribution in [0.3, 0.4) is 0 Å². The lowest BCUT2D eigenvalue weighted by Gasteiger charge is -2.40. The zero-order valence-electron chi connectivity index (χ0n) is 15.8. The quantitative estimate of drug-likeness (QED) is 0.825. The minimum atomic E-state index is -3.53. The molecule has 2 aromatic rings. The first kappa shape index (κ1) is 18.7. The number of hydrogen-bond donors (Lipinski definition) is 0. The van der Waals surface area contributed by atoms with Gasteiger partial charge in [0.05, 0.1) is 12.0 Å². The van der Waals surface area contributed by atoms with E-state index in [-0.39, 0.29) is 6.04 Å². The smallest absolute Gasteiger partial charge is 0.243 e. The Morgan fingerprint density at radius 1 is 1.04 bits per heavy atom. The largest absolute Gasteiger partial charge is 0.496 e. The number of nitrogens with zero attached hydrogens (tertiary/aromatic N) is 2. The molecule has 5 nitrogen and oxygen atoms in total. The number of ether oxygens (including phenoxy) is 1. The van der Waals surface area contributed by atoms with Gasteiger partial charge in [-0.2, -0.15) is 4.31 Å². The van der Waals surface area contributed by atoms with Crippen LogP contribution in [0.4, 0.5) is 5.69 Å². The summed E-state index contributed by atoms with van der Waals surface area (Å²) >= 11 is 0. The van der Waals surface area contributed by atoms with E-state index >= 15 is 0 Å². The average molecular weight is 375 g/mol. The second kappa shape index (κ2) is 7.29. The number of aryl methyl sites for hydroxylation is 2. The molecule has 2 aromatic carbocycles. The standard InChI is InChI=1S/C20H26N2O3S/c1-15-13-20(16(2)12-19(15)25-4)26(23,24)21-10-11-22(17(3)14-21)18-8-6-5-7-9-18/h5-9,12-13,17H,10-11,14H2,1-4H3. The molecule has 1 fully saturated rings. The van der Waals surface area contributed by atoms with Crippen molar-refractivity contribution in [3.63, 3.8) is 0 Å². The predicted molar refractivity (Wildman–Crippen MR) is 104 cm³/mol. The van der Waals surface area contributed by atoms with Gasteiger partial charge in [0, 0.05) is 31.4 Å². The van der Waals surface area contributed by atoms with E-state index < -0.39 is 10.0 Å². The summed E-state index contributed by atoms with van der Waals surface area (Å²) in [6, 6.07) is 13.8. The molecule has 0 spiro atoms. The molecular formula is C20H26N2O3S. The van der Waals surface area contributed by atoms with Gasteiger partial charge < -0.3 is 9.64 Å². The van der Waals surface area contributed by atoms with Crippen molar-refractivity contribution in [1.82, 2.24) is 4.31 Å². The van der Waals surface area contributed by atoms with Crippen LogP contribution in [0.25, 0.3) is 0 Å². The molecule has 1 saturated heterocycles. The summed E-state index contributed by atoms with van der Waals surface area (Å²) in [5.41, 5.74) is 2.67. The number of sulfonamides is 1. The van der Waals surface area contributed by atoms with Crippen molar-refractivity contribution in [3.8, 4) is 5.75 Å². The van der Waals surface area contributed by atoms with Crippen molar-refractivity contribution in [1.29, 1.82) is 0 Å². The monoisotopic (exact) mass is 374 g/mol. The van der Waals surface area contributed by atoms with Gasteiger partial charge in [-0.25, -0.2) is 8.42 Å². The molecule has 0 saturated carbocycles. The lowest BCUT2D eigenvalue weighted by Crippen LogP contribution is -2.53. The molecule has 0 N–H and O–H groups in total. The summed E-state index contributed by atoms with van der Waals surface area (Å²) < 4.78 is 33.3. The Morgan fingerprint density at radius 2 is 1.73 bits per heavy atom. The number of anilines is 1. The van der Waals surface area contributed by atoms with Gasteiger partial charge in [0.1, 0.15) is 5.75 Å². The van der Waals surface area contributed by atoms with Crippen molar-refractivity contribution in [2.45, 2.75) is 31.7 Å². The first-order chi connectivity index (χ1) is 12.3. The molecular weight excluding hydrogens is 348 g/mol. The van der Waals surface area contributed by atoms with Crippen LogP contribution in [0.5, 0.6) is 5.75 Å². The van der Waals surface area contributed by atoms with E-state index in [1.54, 1.807) is 23.5 Å². The van der Waals surface area contributed by atoms with Gasteiger partial charge in [-0.1, -0.05) is 18.2 Å². The van der Waals surface area contributed by atoms with Crippen LogP contribution >= 0.6 is 0 Å². The molecule has 140 valence electrons. The van der Waals surface area contributed by atoms with Gasteiger partial charge >= 0.3 is 0 Å². The Hall–Kier alpha value is -2.05. The summed E-state index contributed by atoms with van der Waals surface area (Å²) in [6.07, 6.45) is 0. The number of benzene rings is 2. The molecule has 6 heteroatoms. The van der Waals surface area contributed by atoms with Crippen LogP contribution in [0.1, 0.15) is 18.1 Å². The van der Waals surface area contributed by atoms with Crippen molar-refractivity contribution in [3.05, 3.63) is 53.6 Å². The fraction of sp³-hybridized carbons (Fsp3) is 0.400. The van der Waals surface area contributed by atoms with Gasteiger partial charge in [-0.05, 0) is 56.2 Å².